The predicted octanol–water partition coefficient (Wildman–Crippen LogP) is 4.62. The van der Waals surface area contributed by atoms with E-state index in [1.165, 1.54) is 0 Å². The second kappa shape index (κ2) is 6.31. The van der Waals surface area contributed by atoms with Crippen molar-refractivity contribution in [2.24, 2.45) is 0 Å². The van der Waals surface area contributed by atoms with E-state index in [1.54, 1.807) is 7.11 Å². The number of halogens is 1. The lowest BCUT2D eigenvalue weighted by atomic mass is 10.2. The molecule has 0 saturated carbocycles. The molecular formula is C16H20ClN3O. The van der Waals surface area contributed by atoms with Gasteiger partial charge in [0.1, 0.15) is 22.5 Å². The average Bonchev–Trinajstić information content (AvgIpc) is 2.43. The molecule has 0 radical (unpaired) electrons. The summed E-state index contributed by atoms with van der Waals surface area (Å²) in [6, 6.07) is 5.90. The Morgan fingerprint density at radius 3 is 2.48 bits per heavy atom. The van der Waals surface area contributed by atoms with Gasteiger partial charge in [-0.25, -0.2) is 9.97 Å². The van der Waals surface area contributed by atoms with E-state index in [-0.39, 0.29) is 5.92 Å². The number of rotatable bonds is 4. The van der Waals surface area contributed by atoms with Crippen LogP contribution in [0.15, 0.2) is 18.2 Å². The highest BCUT2D eigenvalue weighted by Crippen LogP contribution is 2.28. The van der Waals surface area contributed by atoms with Gasteiger partial charge in [-0.1, -0.05) is 25.4 Å². The van der Waals surface area contributed by atoms with Gasteiger partial charge in [-0.2, -0.15) is 0 Å². The number of hydrogen-bond donors (Lipinski definition) is 1. The molecule has 1 N–H and O–H groups in total. The molecule has 0 atom stereocenters. The first-order valence-electron chi connectivity index (χ1n) is 6.88. The van der Waals surface area contributed by atoms with Gasteiger partial charge in [0.05, 0.1) is 7.11 Å². The predicted molar refractivity (Wildman–Crippen MR) is 86.9 cm³/mol. The first-order chi connectivity index (χ1) is 9.92. The van der Waals surface area contributed by atoms with E-state index in [2.05, 4.69) is 15.3 Å². The van der Waals surface area contributed by atoms with E-state index < -0.39 is 0 Å². The molecular weight excluding hydrogens is 286 g/mol. The molecule has 0 fully saturated rings. The quantitative estimate of drug-likeness (QED) is 0.837. The first-order valence-corrected chi connectivity index (χ1v) is 7.26. The van der Waals surface area contributed by atoms with Gasteiger partial charge in [0.15, 0.2) is 0 Å². The molecule has 112 valence electrons. The standard InChI is InChI=1S/C16H20ClN3O/c1-9(2)15-19-14(17)11(4)16(20-15)18-12-6-7-13(21-5)10(3)8-12/h6-9H,1-5H3,(H,18,19,20). The summed E-state index contributed by atoms with van der Waals surface area (Å²) in [6.07, 6.45) is 0. The van der Waals surface area contributed by atoms with Gasteiger partial charge in [0.2, 0.25) is 0 Å². The van der Waals surface area contributed by atoms with Crippen molar-refractivity contribution in [3.8, 4) is 5.75 Å². The van der Waals surface area contributed by atoms with Crippen LogP contribution >= 0.6 is 11.6 Å². The van der Waals surface area contributed by atoms with Crippen LogP contribution in [0.2, 0.25) is 5.15 Å². The SMILES string of the molecule is COc1ccc(Nc2nc(C(C)C)nc(Cl)c2C)cc1C. The lowest BCUT2D eigenvalue weighted by molar-refractivity contribution is 0.412. The van der Waals surface area contributed by atoms with Gasteiger partial charge in [-0.3, -0.25) is 0 Å². The van der Waals surface area contributed by atoms with Gasteiger partial charge < -0.3 is 10.1 Å². The summed E-state index contributed by atoms with van der Waals surface area (Å²) in [7, 11) is 1.67. The average molecular weight is 306 g/mol. The zero-order valence-corrected chi connectivity index (χ0v) is 13.7. The molecule has 0 unspecified atom stereocenters. The highest BCUT2D eigenvalue weighted by Gasteiger charge is 2.12. The van der Waals surface area contributed by atoms with Crippen molar-refractivity contribution >= 4 is 23.1 Å². The molecule has 0 amide bonds. The number of nitrogens with one attached hydrogen (secondary N) is 1. The Hall–Kier alpha value is -1.81. The minimum atomic E-state index is 0.223. The van der Waals surface area contributed by atoms with Crippen molar-refractivity contribution in [2.75, 3.05) is 12.4 Å². The molecule has 5 heteroatoms. The summed E-state index contributed by atoms with van der Waals surface area (Å²) in [5.74, 6) is 2.56. The molecule has 2 aromatic rings. The fraction of sp³-hybridized carbons (Fsp3) is 0.375. The summed E-state index contributed by atoms with van der Waals surface area (Å²) >= 11 is 6.20. The third-order valence-corrected chi connectivity index (χ3v) is 3.65. The number of benzene rings is 1. The van der Waals surface area contributed by atoms with Gasteiger partial charge >= 0.3 is 0 Å². The first kappa shape index (κ1) is 15.6. The van der Waals surface area contributed by atoms with E-state index in [0.29, 0.717) is 5.15 Å². The van der Waals surface area contributed by atoms with Crippen LogP contribution < -0.4 is 10.1 Å². The highest BCUT2D eigenvalue weighted by atomic mass is 35.5. The molecule has 1 aromatic heterocycles. The molecule has 1 aromatic carbocycles. The maximum Gasteiger partial charge on any atom is 0.138 e. The maximum absolute atomic E-state index is 6.20. The van der Waals surface area contributed by atoms with Crippen LogP contribution in [0.25, 0.3) is 0 Å². The minimum Gasteiger partial charge on any atom is -0.496 e. The Bertz CT molecular complexity index is 656. The third-order valence-electron chi connectivity index (χ3n) is 3.28. The van der Waals surface area contributed by atoms with Gasteiger partial charge in [-0.05, 0) is 37.6 Å². The number of methoxy groups -OCH3 is 1. The van der Waals surface area contributed by atoms with Crippen molar-refractivity contribution in [3.63, 3.8) is 0 Å². The smallest absolute Gasteiger partial charge is 0.138 e. The lowest BCUT2D eigenvalue weighted by Gasteiger charge is -2.14. The number of ether oxygens (including phenoxy) is 1. The van der Waals surface area contributed by atoms with Crippen molar-refractivity contribution < 1.29 is 4.74 Å². The molecule has 0 bridgehead atoms. The second-order valence-corrected chi connectivity index (χ2v) is 5.67. The van der Waals surface area contributed by atoms with E-state index in [1.807, 2.05) is 45.9 Å². The van der Waals surface area contributed by atoms with Crippen LogP contribution in [0, 0.1) is 13.8 Å². The topological polar surface area (TPSA) is 47.0 Å². The van der Waals surface area contributed by atoms with Crippen LogP contribution in [-0.4, -0.2) is 17.1 Å². The summed E-state index contributed by atoms with van der Waals surface area (Å²) in [5, 5.41) is 3.80. The van der Waals surface area contributed by atoms with Gasteiger partial charge in [0.25, 0.3) is 0 Å². The highest BCUT2D eigenvalue weighted by molar-refractivity contribution is 6.30. The normalized spacial score (nSPS) is 10.8. The molecule has 4 nitrogen and oxygen atoms in total. The van der Waals surface area contributed by atoms with Crippen LogP contribution in [0.3, 0.4) is 0 Å². The monoisotopic (exact) mass is 305 g/mol. The van der Waals surface area contributed by atoms with Crippen molar-refractivity contribution in [2.45, 2.75) is 33.6 Å². The van der Waals surface area contributed by atoms with Crippen molar-refractivity contribution in [1.82, 2.24) is 9.97 Å². The molecule has 0 aliphatic heterocycles. The largest absolute Gasteiger partial charge is 0.496 e. The number of nitrogens with zero attached hydrogens (tertiary/aromatic N) is 2. The molecule has 2 rings (SSSR count). The lowest BCUT2D eigenvalue weighted by Crippen LogP contribution is -2.05. The fourth-order valence-electron chi connectivity index (χ4n) is 1.98. The molecule has 0 saturated heterocycles. The molecule has 1 heterocycles. The fourth-order valence-corrected chi connectivity index (χ4v) is 2.15. The van der Waals surface area contributed by atoms with E-state index in [4.69, 9.17) is 16.3 Å². The minimum absolute atomic E-state index is 0.223. The molecule has 0 spiro atoms. The molecule has 0 aliphatic carbocycles. The Labute approximate surface area is 130 Å². The van der Waals surface area contributed by atoms with Crippen molar-refractivity contribution in [1.29, 1.82) is 0 Å². The summed E-state index contributed by atoms with van der Waals surface area (Å²) < 4.78 is 5.27. The Morgan fingerprint density at radius 1 is 1.19 bits per heavy atom. The van der Waals surface area contributed by atoms with Crippen LogP contribution in [-0.2, 0) is 0 Å². The van der Waals surface area contributed by atoms with Crippen LogP contribution in [0.5, 0.6) is 5.75 Å². The third kappa shape index (κ3) is 3.45. The van der Waals surface area contributed by atoms with Crippen LogP contribution in [0.1, 0.15) is 36.7 Å². The van der Waals surface area contributed by atoms with E-state index in [9.17, 15) is 0 Å². The Balaban J connectivity index is 2.37. The number of hydrogen-bond acceptors (Lipinski definition) is 4. The Kier molecular flexibility index (Phi) is 4.68. The van der Waals surface area contributed by atoms with E-state index in [0.717, 1.165) is 34.2 Å². The molecule has 21 heavy (non-hydrogen) atoms. The zero-order chi connectivity index (χ0) is 15.6. The number of aromatic nitrogens is 2. The Morgan fingerprint density at radius 2 is 1.90 bits per heavy atom. The van der Waals surface area contributed by atoms with Crippen molar-refractivity contribution in [3.05, 3.63) is 40.3 Å². The number of anilines is 2. The molecule has 0 aliphatic rings. The van der Waals surface area contributed by atoms with Crippen LogP contribution in [0.4, 0.5) is 11.5 Å². The number of aryl methyl sites for hydroxylation is 1. The summed E-state index contributed by atoms with van der Waals surface area (Å²) in [5.41, 5.74) is 2.85. The van der Waals surface area contributed by atoms with Gasteiger partial charge in [0, 0.05) is 17.2 Å². The van der Waals surface area contributed by atoms with Gasteiger partial charge in [-0.15, -0.1) is 0 Å². The second-order valence-electron chi connectivity index (χ2n) is 5.31. The zero-order valence-electron chi connectivity index (χ0n) is 13.0. The summed E-state index contributed by atoms with van der Waals surface area (Å²) in [6.45, 7) is 8.00. The maximum atomic E-state index is 6.20. The van der Waals surface area contributed by atoms with E-state index >= 15 is 0 Å². The summed E-state index contributed by atoms with van der Waals surface area (Å²) in [4.78, 5) is 8.88.